The fourth-order valence-electron chi connectivity index (χ4n) is 1.75. The van der Waals surface area contributed by atoms with Gasteiger partial charge in [0.15, 0.2) is 0 Å². The van der Waals surface area contributed by atoms with Crippen LogP contribution in [0.3, 0.4) is 0 Å². The zero-order valence-corrected chi connectivity index (χ0v) is 10.4. The highest BCUT2D eigenvalue weighted by atomic mass is 16.3. The van der Waals surface area contributed by atoms with Crippen LogP contribution in [0, 0.1) is 0 Å². The molecule has 0 aliphatic carbocycles. The van der Waals surface area contributed by atoms with Gasteiger partial charge in [-0.05, 0) is 34.7 Å². The maximum Gasteiger partial charge on any atom is 0.150 e. The van der Waals surface area contributed by atoms with Crippen molar-refractivity contribution in [2.75, 3.05) is 0 Å². The molecule has 0 atom stereocenters. The molecule has 0 saturated heterocycles. The lowest BCUT2D eigenvalue weighted by molar-refractivity contribution is 0.112. The second-order valence-electron chi connectivity index (χ2n) is 5.22. The second kappa shape index (κ2) is 4.21. The van der Waals surface area contributed by atoms with Gasteiger partial charge in [0, 0.05) is 11.1 Å². The van der Waals surface area contributed by atoms with Crippen molar-refractivity contribution in [1.82, 2.24) is 0 Å². The Hall–Kier alpha value is -1.83. The average molecular weight is 228 g/mol. The van der Waals surface area contributed by atoms with E-state index in [0.29, 0.717) is 5.56 Å². The predicted octanol–water partition coefficient (Wildman–Crippen LogP) is 4.06. The molecule has 2 rings (SSSR count). The van der Waals surface area contributed by atoms with Gasteiger partial charge >= 0.3 is 0 Å². The summed E-state index contributed by atoms with van der Waals surface area (Å²) >= 11 is 0. The van der Waals surface area contributed by atoms with E-state index in [1.807, 2.05) is 18.2 Å². The van der Waals surface area contributed by atoms with E-state index in [9.17, 15) is 4.79 Å². The van der Waals surface area contributed by atoms with Crippen LogP contribution in [-0.2, 0) is 5.41 Å². The third-order valence-corrected chi connectivity index (χ3v) is 2.81. The van der Waals surface area contributed by atoms with Crippen LogP contribution < -0.4 is 0 Å². The summed E-state index contributed by atoms with van der Waals surface area (Å²) < 4.78 is 5.08. The fourth-order valence-corrected chi connectivity index (χ4v) is 1.75. The van der Waals surface area contributed by atoms with Crippen molar-refractivity contribution < 1.29 is 9.21 Å². The van der Waals surface area contributed by atoms with E-state index >= 15 is 0 Å². The normalized spacial score (nSPS) is 11.5. The number of carbonyl (C=O) groups excluding carboxylic acids is 1. The standard InChI is InChI=1S/C15H16O2/c1-15(2,3)14-7-11(9-16)6-13(8-14)12-4-5-17-10-12/h4-10H,1-3H3. The van der Waals surface area contributed by atoms with E-state index in [-0.39, 0.29) is 5.41 Å². The van der Waals surface area contributed by atoms with Crippen molar-refractivity contribution in [3.05, 3.63) is 47.9 Å². The lowest BCUT2D eigenvalue weighted by atomic mass is 9.84. The lowest BCUT2D eigenvalue weighted by Gasteiger charge is -2.20. The van der Waals surface area contributed by atoms with E-state index in [4.69, 9.17) is 4.42 Å². The molecule has 17 heavy (non-hydrogen) atoms. The first-order chi connectivity index (χ1) is 8.00. The molecule has 0 amide bonds. The number of benzene rings is 1. The Morgan fingerprint density at radius 2 is 1.88 bits per heavy atom. The molecule has 2 nitrogen and oxygen atoms in total. The second-order valence-corrected chi connectivity index (χ2v) is 5.22. The molecular weight excluding hydrogens is 212 g/mol. The Labute approximate surface area is 101 Å². The van der Waals surface area contributed by atoms with Crippen LogP contribution in [0.5, 0.6) is 0 Å². The maximum atomic E-state index is 11.0. The number of carbonyl (C=O) groups is 1. The Morgan fingerprint density at radius 3 is 2.41 bits per heavy atom. The Kier molecular flexibility index (Phi) is 2.88. The van der Waals surface area contributed by atoms with E-state index < -0.39 is 0 Å². The molecule has 0 saturated carbocycles. The summed E-state index contributed by atoms with van der Waals surface area (Å²) in [5.41, 5.74) is 3.90. The molecule has 1 heterocycles. The first-order valence-corrected chi connectivity index (χ1v) is 5.64. The Morgan fingerprint density at radius 1 is 1.12 bits per heavy atom. The van der Waals surface area contributed by atoms with Crippen molar-refractivity contribution in [1.29, 1.82) is 0 Å². The summed E-state index contributed by atoms with van der Waals surface area (Å²) in [7, 11) is 0. The molecule has 2 heteroatoms. The van der Waals surface area contributed by atoms with Crippen LogP contribution in [0.25, 0.3) is 11.1 Å². The first kappa shape index (κ1) is 11.6. The van der Waals surface area contributed by atoms with Gasteiger partial charge in [-0.15, -0.1) is 0 Å². The zero-order chi connectivity index (χ0) is 12.5. The molecule has 2 aromatic rings. The molecule has 88 valence electrons. The van der Waals surface area contributed by atoms with Gasteiger partial charge in [-0.3, -0.25) is 4.79 Å². The minimum Gasteiger partial charge on any atom is -0.472 e. The summed E-state index contributed by atoms with van der Waals surface area (Å²) in [5.74, 6) is 0. The number of hydrogen-bond acceptors (Lipinski definition) is 2. The molecule has 0 aliphatic heterocycles. The molecule has 0 radical (unpaired) electrons. The highest BCUT2D eigenvalue weighted by Gasteiger charge is 2.15. The molecule has 0 fully saturated rings. The van der Waals surface area contributed by atoms with Gasteiger partial charge in [-0.2, -0.15) is 0 Å². The highest BCUT2D eigenvalue weighted by molar-refractivity contribution is 5.79. The Bertz CT molecular complexity index is 516. The van der Waals surface area contributed by atoms with Crippen molar-refractivity contribution in [2.45, 2.75) is 26.2 Å². The number of furan rings is 1. The smallest absolute Gasteiger partial charge is 0.150 e. The van der Waals surface area contributed by atoms with Crippen LogP contribution in [0.15, 0.2) is 41.2 Å². The third kappa shape index (κ3) is 2.47. The van der Waals surface area contributed by atoms with Gasteiger partial charge in [0.25, 0.3) is 0 Å². The van der Waals surface area contributed by atoms with E-state index in [0.717, 1.165) is 23.0 Å². The molecule has 1 aromatic heterocycles. The van der Waals surface area contributed by atoms with Crippen LogP contribution in [0.2, 0.25) is 0 Å². The van der Waals surface area contributed by atoms with Crippen molar-refractivity contribution in [3.63, 3.8) is 0 Å². The van der Waals surface area contributed by atoms with Crippen molar-refractivity contribution >= 4 is 6.29 Å². The molecule has 0 spiro atoms. The average Bonchev–Trinajstić information content (AvgIpc) is 2.80. The van der Waals surface area contributed by atoms with Gasteiger partial charge in [0.1, 0.15) is 6.29 Å². The monoisotopic (exact) mass is 228 g/mol. The lowest BCUT2D eigenvalue weighted by Crippen LogP contribution is -2.11. The number of rotatable bonds is 2. The summed E-state index contributed by atoms with van der Waals surface area (Å²) in [5, 5.41) is 0. The minimum absolute atomic E-state index is 0.0253. The molecular formula is C15H16O2. The molecule has 1 aromatic carbocycles. The van der Waals surface area contributed by atoms with Crippen molar-refractivity contribution in [3.8, 4) is 11.1 Å². The molecule has 0 bridgehead atoms. The summed E-state index contributed by atoms with van der Waals surface area (Å²) in [6, 6.07) is 7.83. The number of hydrogen-bond donors (Lipinski definition) is 0. The predicted molar refractivity (Wildman–Crippen MR) is 68.2 cm³/mol. The van der Waals surface area contributed by atoms with Crippen molar-refractivity contribution in [2.24, 2.45) is 0 Å². The largest absolute Gasteiger partial charge is 0.472 e. The summed E-state index contributed by atoms with van der Waals surface area (Å²) in [4.78, 5) is 11.0. The first-order valence-electron chi connectivity index (χ1n) is 5.64. The quantitative estimate of drug-likeness (QED) is 0.726. The zero-order valence-electron chi connectivity index (χ0n) is 10.4. The molecule has 0 aliphatic rings. The van der Waals surface area contributed by atoms with E-state index in [2.05, 4.69) is 26.8 Å². The SMILES string of the molecule is CC(C)(C)c1cc(C=O)cc(-c2ccoc2)c1. The van der Waals surface area contributed by atoms with Crippen LogP contribution in [-0.4, -0.2) is 6.29 Å². The van der Waals surface area contributed by atoms with E-state index in [1.54, 1.807) is 12.5 Å². The topological polar surface area (TPSA) is 30.2 Å². The Balaban J connectivity index is 2.58. The van der Waals surface area contributed by atoms with Gasteiger partial charge in [0.05, 0.1) is 12.5 Å². The van der Waals surface area contributed by atoms with Crippen LogP contribution in [0.1, 0.15) is 36.7 Å². The number of aldehydes is 1. The van der Waals surface area contributed by atoms with Crippen LogP contribution in [0.4, 0.5) is 0 Å². The maximum absolute atomic E-state index is 11.0. The van der Waals surface area contributed by atoms with Gasteiger partial charge < -0.3 is 4.42 Å². The van der Waals surface area contributed by atoms with Gasteiger partial charge in [-0.1, -0.05) is 26.8 Å². The summed E-state index contributed by atoms with van der Waals surface area (Å²) in [6.07, 6.45) is 4.22. The third-order valence-electron chi connectivity index (χ3n) is 2.81. The minimum atomic E-state index is 0.0253. The van der Waals surface area contributed by atoms with Crippen LogP contribution >= 0.6 is 0 Å². The van der Waals surface area contributed by atoms with Gasteiger partial charge in [0.2, 0.25) is 0 Å². The highest BCUT2D eigenvalue weighted by Crippen LogP contribution is 2.29. The molecule has 0 unspecified atom stereocenters. The summed E-state index contributed by atoms with van der Waals surface area (Å²) in [6.45, 7) is 6.40. The van der Waals surface area contributed by atoms with E-state index in [1.165, 1.54) is 0 Å². The molecule has 0 N–H and O–H groups in total. The fraction of sp³-hybridized carbons (Fsp3) is 0.267. The van der Waals surface area contributed by atoms with Gasteiger partial charge in [-0.25, -0.2) is 0 Å².